The molecule has 2 aliphatic rings. The number of rotatable bonds is 0. The van der Waals surface area contributed by atoms with E-state index in [0.717, 1.165) is 0 Å². The zero-order valence-electron chi connectivity index (χ0n) is 5.62. The van der Waals surface area contributed by atoms with Crippen molar-refractivity contribution in [2.75, 3.05) is 0 Å². The zero-order chi connectivity index (χ0) is 6.81. The monoisotopic (exact) mass is 136 g/mol. The molecule has 0 bridgehead atoms. The van der Waals surface area contributed by atoms with Crippen LogP contribution >= 0.6 is 0 Å². The fraction of sp³-hybridized carbons (Fsp3) is 0. The summed E-state index contributed by atoms with van der Waals surface area (Å²) in [5.41, 5.74) is 2.62. The molecule has 0 amide bonds. The maximum atomic E-state index is 2.12. The summed E-state index contributed by atoms with van der Waals surface area (Å²) < 4.78 is 0. The van der Waals surface area contributed by atoms with Gasteiger partial charge in [-0.15, -0.1) is 0 Å². The van der Waals surface area contributed by atoms with Gasteiger partial charge in [-0.25, -0.2) is 0 Å². The number of hydrogen-bond acceptors (Lipinski definition) is 0. The molecule has 2 aliphatic carbocycles. The van der Waals surface area contributed by atoms with Gasteiger partial charge < -0.3 is 0 Å². The second-order valence-electron chi connectivity index (χ2n) is 2.35. The SMILES string of the molecule is C1=CC(=C2C=CC=C2)C=C1.[LiH]. The van der Waals surface area contributed by atoms with Crippen LogP contribution in [-0.4, -0.2) is 18.9 Å². The molecule has 11 heavy (non-hydrogen) atoms. The Kier molecular flexibility index (Phi) is 2.76. The van der Waals surface area contributed by atoms with E-state index >= 15 is 0 Å². The molecule has 50 valence electrons. The minimum absolute atomic E-state index is 0. The molecule has 0 saturated heterocycles. The van der Waals surface area contributed by atoms with E-state index in [-0.39, 0.29) is 18.9 Å². The van der Waals surface area contributed by atoms with Gasteiger partial charge in [0, 0.05) is 0 Å². The zero-order valence-corrected chi connectivity index (χ0v) is 5.62. The van der Waals surface area contributed by atoms with Crippen LogP contribution in [0, 0.1) is 0 Å². The molecule has 0 unspecified atom stereocenters. The number of hydrogen-bond donors (Lipinski definition) is 0. The van der Waals surface area contributed by atoms with Crippen LogP contribution in [0.15, 0.2) is 59.8 Å². The summed E-state index contributed by atoms with van der Waals surface area (Å²) in [6, 6.07) is 0. The Morgan fingerprint density at radius 1 is 0.545 bits per heavy atom. The van der Waals surface area contributed by atoms with Gasteiger partial charge in [0.05, 0.1) is 0 Å². The van der Waals surface area contributed by atoms with E-state index in [1.165, 1.54) is 11.1 Å². The summed E-state index contributed by atoms with van der Waals surface area (Å²) in [6.07, 6.45) is 16.7. The predicted molar refractivity (Wildman–Crippen MR) is 50.7 cm³/mol. The summed E-state index contributed by atoms with van der Waals surface area (Å²) in [4.78, 5) is 0. The second-order valence-corrected chi connectivity index (χ2v) is 2.35. The van der Waals surface area contributed by atoms with Crippen molar-refractivity contribution in [3.05, 3.63) is 59.8 Å². The van der Waals surface area contributed by atoms with Crippen LogP contribution in [0.3, 0.4) is 0 Å². The predicted octanol–water partition coefficient (Wildman–Crippen LogP) is 1.89. The average molecular weight is 136 g/mol. The molecule has 0 N–H and O–H groups in total. The molecule has 0 fully saturated rings. The normalized spacial score (nSPS) is 18.2. The van der Waals surface area contributed by atoms with E-state index in [9.17, 15) is 0 Å². The van der Waals surface area contributed by atoms with Crippen LogP contribution in [0.25, 0.3) is 0 Å². The Morgan fingerprint density at radius 2 is 0.818 bits per heavy atom. The van der Waals surface area contributed by atoms with E-state index in [0.29, 0.717) is 0 Å². The number of allylic oxidation sites excluding steroid dienone is 10. The van der Waals surface area contributed by atoms with Crippen molar-refractivity contribution in [2.24, 2.45) is 0 Å². The van der Waals surface area contributed by atoms with Crippen LogP contribution in [0.2, 0.25) is 0 Å². The first-order valence-corrected chi connectivity index (χ1v) is 3.40. The minimum atomic E-state index is 0. The Morgan fingerprint density at radius 3 is 1.09 bits per heavy atom. The average Bonchev–Trinajstić information content (AvgIpc) is 2.59. The third kappa shape index (κ3) is 1.65. The summed E-state index contributed by atoms with van der Waals surface area (Å²) in [5.74, 6) is 0. The van der Waals surface area contributed by atoms with E-state index < -0.39 is 0 Å². The molecule has 0 aromatic carbocycles. The standard InChI is InChI=1S/C10H8.Li.H/c1-2-6-9(5-1)10-7-3-4-8-10;;/h1-8H;;. The van der Waals surface area contributed by atoms with E-state index in [2.05, 4.69) is 48.6 Å². The summed E-state index contributed by atoms with van der Waals surface area (Å²) in [7, 11) is 0. The molecule has 0 aromatic rings. The van der Waals surface area contributed by atoms with Crippen LogP contribution in [-0.2, 0) is 0 Å². The molecule has 2 rings (SSSR count). The van der Waals surface area contributed by atoms with Gasteiger partial charge in [0.2, 0.25) is 0 Å². The van der Waals surface area contributed by atoms with Gasteiger partial charge in [0.15, 0.2) is 0 Å². The summed E-state index contributed by atoms with van der Waals surface area (Å²) in [5, 5.41) is 0. The van der Waals surface area contributed by atoms with Crippen LogP contribution in [0.1, 0.15) is 0 Å². The van der Waals surface area contributed by atoms with Crippen molar-refractivity contribution in [1.29, 1.82) is 0 Å². The molecule has 0 saturated carbocycles. The van der Waals surface area contributed by atoms with Gasteiger partial charge in [-0.05, 0) is 11.1 Å². The van der Waals surface area contributed by atoms with Gasteiger partial charge >= 0.3 is 18.9 Å². The van der Waals surface area contributed by atoms with Gasteiger partial charge in [-0.1, -0.05) is 48.6 Å². The fourth-order valence-corrected chi connectivity index (χ4v) is 1.13. The molecule has 0 heterocycles. The van der Waals surface area contributed by atoms with Crippen molar-refractivity contribution >= 4 is 18.9 Å². The molecule has 1 heteroatoms. The Hall–Kier alpha value is -0.703. The molecule has 0 nitrogen and oxygen atoms in total. The van der Waals surface area contributed by atoms with Gasteiger partial charge in [0.25, 0.3) is 0 Å². The van der Waals surface area contributed by atoms with E-state index in [1.54, 1.807) is 0 Å². The third-order valence-electron chi connectivity index (χ3n) is 1.66. The van der Waals surface area contributed by atoms with Gasteiger partial charge in [-0.3, -0.25) is 0 Å². The third-order valence-corrected chi connectivity index (χ3v) is 1.66. The topological polar surface area (TPSA) is 0 Å². The van der Waals surface area contributed by atoms with E-state index in [1.807, 2.05) is 0 Å². The molecule has 0 radical (unpaired) electrons. The summed E-state index contributed by atoms with van der Waals surface area (Å²) in [6.45, 7) is 0. The van der Waals surface area contributed by atoms with Gasteiger partial charge in [-0.2, -0.15) is 0 Å². The van der Waals surface area contributed by atoms with Crippen molar-refractivity contribution in [1.82, 2.24) is 0 Å². The molecule has 0 spiro atoms. The Balaban J connectivity index is 0.000000605. The first-order valence-electron chi connectivity index (χ1n) is 3.40. The molecule has 0 aromatic heterocycles. The molecule has 0 atom stereocenters. The fourth-order valence-electron chi connectivity index (χ4n) is 1.13. The van der Waals surface area contributed by atoms with Crippen molar-refractivity contribution in [3.8, 4) is 0 Å². The van der Waals surface area contributed by atoms with Gasteiger partial charge in [0.1, 0.15) is 0 Å². The second kappa shape index (κ2) is 3.62. The molecule has 0 aliphatic heterocycles. The quantitative estimate of drug-likeness (QED) is 0.446. The molecular formula is C10H9Li. The van der Waals surface area contributed by atoms with Crippen molar-refractivity contribution in [3.63, 3.8) is 0 Å². The van der Waals surface area contributed by atoms with Crippen molar-refractivity contribution in [2.45, 2.75) is 0 Å². The van der Waals surface area contributed by atoms with Crippen LogP contribution < -0.4 is 0 Å². The summed E-state index contributed by atoms with van der Waals surface area (Å²) >= 11 is 0. The van der Waals surface area contributed by atoms with Crippen LogP contribution in [0.5, 0.6) is 0 Å². The van der Waals surface area contributed by atoms with E-state index in [4.69, 9.17) is 0 Å². The first-order chi connectivity index (χ1) is 4.97. The Bertz CT molecular complexity index is 230. The Labute approximate surface area is 78.9 Å². The first kappa shape index (κ1) is 8.39. The molecular weight excluding hydrogens is 127 g/mol. The maximum absolute atomic E-state index is 2.12. The van der Waals surface area contributed by atoms with Crippen molar-refractivity contribution < 1.29 is 0 Å². The van der Waals surface area contributed by atoms with Crippen LogP contribution in [0.4, 0.5) is 0 Å².